The van der Waals surface area contributed by atoms with Crippen LogP contribution in [0, 0.1) is 21.8 Å². The van der Waals surface area contributed by atoms with Gasteiger partial charge in [-0.05, 0) is 30.2 Å². The van der Waals surface area contributed by atoms with Crippen molar-refractivity contribution in [3.05, 3.63) is 64.1 Å². The Bertz CT molecular complexity index is 689. The second kappa shape index (κ2) is 7.30. The molecule has 120 valence electrons. The molecule has 1 atom stereocenters. The van der Waals surface area contributed by atoms with Crippen molar-refractivity contribution in [1.29, 1.82) is 0 Å². The lowest BCUT2D eigenvalue weighted by Crippen LogP contribution is -2.31. The molecule has 2 aromatic rings. The van der Waals surface area contributed by atoms with Crippen molar-refractivity contribution >= 4 is 17.4 Å². The molecule has 0 saturated heterocycles. The minimum atomic E-state index is -0.544. The number of rotatable bonds is 7. The highest BCUT2D eigenvalue weighted by atomic mass is 19.1. The van der Waals surface area contributed by atoms with Crippen LogP contribution >= 0.6 is 0 Å². The molecule has 3 N–H and O–H groups in total. The number of hydrogen-bond donors (Lipinski definition) is 2. The van der Waals surface area contributed by atoms with Crippen LogP contribution in [0.1, 0.15) is 5.56 Å². The number of hydrogen-bond acceptors (Lipinski definition) is 5. The number of nitrogens with two attached hydrogens (primary N) is 1. The topological polar surface area (TPSA) is 111 Å². The largest absolute Gasteiger partial charge is 0.369 e. The van der Waals surface area contributed by atoms with Gasteiger partial charge in [-0.1, -0.05) is 12.1 Å². The van der Waals surface area contributed by atoms with Gasteiger partial charge in [0, 0.05) is 12.6 Å². The summed E-state index contributed by atoms with van der Waals surface area (Å²) in [4.78, 5) is 25.4. The van der Waals surface area contributed by atoms with Crippen molar-refractivity contribution in [3.8, 4) is 0 Å². The number of anilines is 1. The zero-order chi connectivity index (χ0) is 16.8. The Morgan fingerprint density at radius 3 is 2.52 bits per heavy atom. The summed E-state index contributed by atoms with van der Waals surface area (Å²) in [5.41, 5.74) is 6.05. The molecule has 0 bridgehead atoms. The first kappa shape index (κ1) is 16.3. The number of aromatic nitrogens is 1. The molecular weight excluding hydrogens is 303 g/mol. The third-order valence-electron chi connectivity index (χ3n) is 3.29. The van der Waals surface area contributed by atoms with Gasteiger partial charge in [0.05, 0.1) is 10.8 Å². The van der Waals surface area contributed by atoms with Crippen LogP contribution in [0.25, 0.3) is 0 Å². The molecule has 0 spiro atoms. The van der Waals surface area contributed by atoms with E-state index in [1.165, 1.54) is 24.3 Å². The highest BCUT2D eigenvalue weighted by molar-refractivity contribution is 5.77. The number of primary amides is 1. The molecule has 0 saturated carbocycles. The van der Waals surface area contributed by atoms with Gasteiger partial charge in [0.25, 0.3) is 5.69 Å². The van der Waals surface area contributed by atoms with Crippen LogP contribution in [0.5, 0.6) is 0 Å². The average Bonchev–Trinajstić information content (AvgIpc) is 2.53. The monoisotopic (exact) mass is 318 g/mol. The number of benzene rings is 1. The van der Waals surface area contributed by atoms with E-state index >= 15 is 0 Å². The third-order valence-corrected chi connectivity index (χ3v) is 3.29. The number of halogens is 1. The molecular formula is C15H15FN4O3. The summed E-state index contributed by atoms with van der Waals surface area (Å²) in [6, 6.07) is 8.59. The summed E-state index contributed by atoms with van der Waals surface area (Å²) < 4.78 is 12.9. The van der Waals surface area contributed by atoms with E-state index in [9.17, 15) is 19.3 Å². The Labute approximate surface area is 131 Å². The number of carbonyl (C=O) groups is 1. The van der Waals surface area contributed by atoms with E-state index in [0.29, 0.717) is 12.2 Å². The van der Waals surface area contributed by atoms with Gasteiger partial charge in [-0.25, -0.2) is 9.37 Å². The first-order chi connectivity index (χ1) is 11.0. The third kappa shape index (κ3) is 4.73. The number of amides is 1. The molecule has 2 rings (SSSR count). The maximum Gasteiger partial charge on any atom is 0.287 e. The summed E-state index contributed by atoms with van der Waals surface area (Å²) in [5, 5.41) is 13.5. The molecule has 1 aromatic heterocycles. The molecule has 1 aromatic carbocycles. The lowest BCUT2D eigenvalue weighted by molar-refractivity contribution is -0.385. The smallest absolute Gasteiger partial charge is 0.287 e. The van der Waals surface area contributed by atoms with E-state index in [1.807, 2.05) is 0 Å². The van der Waals surface area contributed by atoms with Crippen LogP contribution in [0.2, 0.25) is 0 Å². The predicted molar refractivity (Wildman–Crippen MR) is 82.2 cm³/mol. The summed E-state index contributed by atoms with van der Waals surface area (Å²) >= 11 is 0. The van der Waals surface area contributed by atoms with Crippen molar-refractivity contribution in [3.63, 3.8) is 0 Å². The maximum absolute atomic E-state index is 12.9. The highest BCUT2D eigenvalue weighted by Crippen LogP contribution is 2.14. The van der Waals surface area contributed by atoms with Crippen LogP contribution in [-0.2, 0) is 11.2 Å². The zero-order valence-corrected chi connectivity index (χ0v) is 12.1. The van der Waals surface area contributed by atoms with Gasteiger partial charge in [0.1, 0.15) is 17.8 Å². The zero-order valence-electron chi connectivity index (χ0n) is 12.1. The summed E-state index contributed by atoms with van der Waals surface area (Å²) in [6.45, 7) is 0.220. The molecule has 7 nitrogen and oxygen atoms in total. The van der Waals surface area contributed by atoms with E-state index in [1.54, 1.807) is 12.1 Å². The standard InChI is InChI=1S/C15H15FN4O3/c16-12-3-1-10(2-4-12)7-11(15(17)21)8-18-14-6-5-13(9-19-14)20(22)23/h1-6,9,11H,7-8H2,(H2,17,21)(H,18,19)/t11-/m1/s1. The van der Waals surface area contributed by atoms with Crippen LogP contribution in [0.4, 0.5) is 15.9 Å². The molecule has 0 aliphatic carbocycles. The molecule has 0 aliphatic rings. The van der Waals surface area contributed by atoms with Crippen LogP contribution < -0.4 is 11.1 Å². The fourth-order valence-corrected chi connectivity index (χ4v) is 2.00. The molecule has 1 heterocycles. The minimum Gasteiger partial charge on any atom is -0.369 e. The normalized spacial score (nSPS) is 11.7. The molecule has 0 fully saturated rings. The highest BCUT2D eigenvalue weighted by Gasteiger charge is 2.16. The van der Waals surface area contributed by atoms with Gasteiger partial charge >= 0.3 is 0 Å². The van der Waals surface area contributed by atoms with Crippen LogP contribution in [0.3, 0.4) is 0 Å². The van der Waals surface area contributed by atoms with Crippen molar-refractivity contribution in [2.75, 3.05) is 11.9 Å². The predicted octanol–water partition coefficient (Wildman–Crippen LogP) is 1.88. The Morgan fingerprint density at radius 1 is 1.30 bits per heavy atom. The fourth-order valence-electron chi connectivity index (χ4n) is 2.00. The molecule has 8 heteroatoms. The van der Waals surface area contributed by atoms with Gasteiger partial charge in [-0.15, -0.1) is 0 Å². The SMILES string of the molecule is NC(=O)[C@@H](CNc1ccc([N+](=O)[O-])cn1)Cc1ccc(F)cc1. The number of carbonyl (C=O) groups excluding carboxylic acids is 1. The number of nitrogens with zero attached hydrogens (tertiary/aromatic N) is 2. The van der Waals surface area contributed by atoms with Crippen LogP contribution in [0.15, 0.2) is 42.6 Å². The van der Waals surface area contributed by atoms with Crippen molar-refractivity contribution in [2.45, 2.75) is 6.42 Å². The second-order valence-electron chi connectivity index (χ2n) is 4.97. The van der Waals surface area contributed by atoms with Gasteiger partial charge < -0.3 is 11.1 Å². The quantitative estimate of drug-likeness (QED) is 0.598. The van der Waals surface area contributed by atoms with Gasteiger partial charge in [0.2, 0.25) is 5.91 Å². The minimum absolute atomic E-state index is 0.117. The Morgan fingerprint density at radius 2 is 2.00 bits per heavy atom. The summed E-state index contributed by atoms with van der Waals surface area (Å²) in [5.74, 6) is -0.959. The van der Waals surface area contributed by atoms with E-state index in [0.717, 1.165) is 11.8 Å². The maximum atomic E-state index is 12.9. The number of pyridine rings is 1. The van der Waals surface area contributed by atoms with Gasteiger partial charge in [-0.3, -0.25) is 14.9 Å². The Balaban J connectivity index is 1.98. The Kier molecular flexibility index (Phi) is 5.19. The fraction of sp³-hybridized carbons (Fsp3) is 0.200. The molecule has 23 heavy (non-hydrogen) atoms. The van der Waals surface area contributed by atoms with E-state index in [4.69, 9.17) is 5.73 Å². The number of nitro groups is 1. The van der Waals surface area contributed by atoms with Gasteiger partial charge in [0.15, 0.2) is 0 Å². The molecule has 1 amide bonds. The lowest BCUT2D eigenvalue weighted by atomic mass is 9.98. The summed E-state index contributed by atoms with van der Waals surface area (Å²) in [6.07, 6.45) is 1.48. The van der Waals surface area contributed by atoms with Gasteiger partial charge in [-0.2, -0.15) is 0 Å². The molecule has 0 radical (unpaired) electrons. The van der Waals surface area contributed by atoms with Crippen molar-refractivity contribution in [2.24, 2.45) is 11.7 Å². The first-order valence-corrected chi connectivity index (χ1v) is 6.84. The van der Waals surface area contributed by atoms with E-state index in [-0.39, 0.29) is 18.0 Å². The molecule has 0 unspecified atom stereocenters. The first-order valence-electron chi connectivity index (χ1n) is 6.84. The Hall–Kier alpha value is -3.03. The van der Waals surface area contributed by atoms with E-state index < -0.39 is 16.7 Å². The second-order valence-corrected chi connectivity index (χ2v) is 4.97. The van der Waals surface area contributed by atoms with E-state index in [2.05, 4.69) is 10.3 Å². The lowest BCUT2D eigenvalue weighted by Gasteiger charge is -2.14. The average molecular weight is 318 g/mol. The summed E-state index contributed by atoms with van der Waals surface area (Å²) in [7, 11) is 0. The van der Waals surface area contributed by atoms with Crippen LogP contribution in [-0.4, -0.2) is 22.4 Å². The molecule has 0 aliphatic heterocycles. The van der Waals surface area contributed by atoms with Crippen molar-refractivity contribution < 1.29 is 14.1 Å². The number of nitrogens with one attached hydrogen (secondary N) is 1. The van der Waals surface area contributed by atoms with Crippen molar-refractivity contribution in [1.82, 2.24) is 4.98 Å².